The molecule has 130 valence electrons. The predicted molar refractivity (Wildman–Crippen MR) is 89.6 cm³/mol. The predicted octanol–water partition coefficient (Wildman–Crippen LogP) is 1.92. The van der Waals surface area contributed by atoms with Crippen molar-refractivity contribution in [3.05, 3.63) is 28.1 Å². The van der Waals surface area contributed by atoms with Crippen LogP contribution in [0.3, 0.4) is 0 Å². The van der Waals surface area contributed by atoms with Gasteiger partial charge < -0.3 is 9.30 Å². The van der Waals surface area contributed by atoms with Crippen LogP contribution in [0.2, 0.25) is 4.34 Å². The average molecular weight is 389 g/mol. The van der Waals surface area contributed by atoms with Crippen LogP contribution in [0.5, 0.6) is 0 Å². The molecule has 0 radical (unpaired) electrons. The lowest BCUT2D eigenvalue weighted by molar-refractivity contribution is 0.172. The molecule has 7 nitrogen and oxygen atoms in total. The average Bonchev–Trinajstić information content (AvgIpc) is 3.19. The van der Waals surface area contributed by atoms with Crippen LogP contribution >= 0.6 is 22.9 Å². The third-order valence-corrected chi connectivity index (χ3v) is 8.33. The van der Waals surface area contributed by atoms with Gasteiger partial charge in [0.1, 0.15) is 16.6 Å². The maximum atomic E-state index is 13.1. The molecule has 2 atom stereocenters. The van der Waals surface area contributed by atoms with Gasteiger partial charge in [0, 0.05) is 32.2 Å². The van der Waals surface area contributed by atoms with E-state index in [9.17, 15) is 8.42 Å². The van der Waals surface area contributed by atoms with E-state index in [-0.39, 0.29) is 12.1 Å². The van der Waals surface area contributed by atoms with Crippen LogP contribution in [-0.4, -0.2) is 46.7 Å². The smallest absolute Gasteiger partial charge is 0.253 e. The molecule has 10 heteroatoms. The van der Waals surface area contributed by atoms with E-state index in [0.29, 0.717) is 28.1 Å². The maximum absolute atomic E-state index is 13.1. The second-order valence-corrected chi connectivity index (χ2v) is 9.84. The Balaban J connectivity index is 1.70. The fourth-order valence-corrected chi connectivity index (χ4v) is 7.07. The summed E-state index contributed by atoms with van der Waals surface area (Å²) < 4.78 is 35.8. The fraction of sp³-hybridized carbons (Fsp3) is 0.571. The fourth-order valence-electron chi connectivity index (χ4n) is 3.63. The van der Waals surface area contributed by atoms with Crippen LogP contribution < -0.4 is 0 Å². The lowest BCUT2D eigenvalue weighted by Crippen LogP contribution is -2.41. The Morgan fingerprint density at radius 1 is 1.33 bits per heavy atom. The summed E-state index contributed by atoms with van der Waals surface area (Å²) in [5.41, 5.74) is 0. The summed E-state index contributed by atoms with van der Waals surface area (Å²) in [4.78, 5) is 0. The molecule has 0 spiro atoms. The Bertz CT molecular complexity index is 863. The molecule has 4 rings (SSSR count). The summed E-state index contributed by atoms with van der Waals surface area (Å²) in [5, 5.41) is 8.42. The molecule has 0 aliphatic carbocycles. The molecule has 0 amide bonds. The van der Waals surface area contributed by atoms with Crippen molar-refractivity contribution in [3.63, 3.8) is 0 Å². The zero-order valence-corrected chi connectivity index (χ0v) is 15.4. The minimum Gasteiger partial charge on any atom is -0.377 e. The van der Waals surface area contributed by atoms with Crippen molar-refractivity contribution in [1.29, 1.82) is 0 Å². The molecule has 24 heavy (non-hydrogen) atoms. The first-order valence-electron chi connectivity index (χ1n) is 7.69. The Hall–Kier alpha value is -1.000. The number of aromatic nitrogens is 3. The quantitative estimate of drug-likeness (QED) is 0.799. The first-order valence-corrected chi connectivity index (χ1v) is 10.3. The largest absolute Gasteiger partial charge is 0.377 e. The molecular formula is C14H17ClN4O3S2. The number of fused-ring (bicyclic) bond motifs is 3. The van der Waals surface area contributed by atoms with E-state index >= 15 is 0 Å². The van der Waals surface area contributed by atoms with Crippen molar-refractivity contribution in [3.8, 4) is 0 Å². The van der Waals surface area contributed by atoms with Crippen molar-refractivity contribution in [1.82, 2.24) is 19.1 Å². The third-order valence-electron chi connectivity index (χ3n) is 4.62. The Morgan fingerprint density at radius 3 is 2.83 bits per heavy atom. The summed E-state index contributed by atoms with van der Waals surface area (Å²) in [6.07, 6.45) is 2.26. The van der Waals surface area contributed by atoms with E-state index in [4.69, 9.17) is 16.3 Å². The van der Waals surface area contributed by atoms with Crippen LogP contribution in [0.1, 0.15) is 24.5 Å². The lowest BCUT2D eigenvalue weighted by Gasteiger charge is -2.26. The van der Waals surface area contributed by atoms with Crippen LogP contribution in [0.25, 0.3) is 0 Å². The van der Waals surface area contributed by atoms with Gasteiger partial charge in [0.15, 0.2) is 5.82 Å². The molecule has 1 saturated heterocycles. The summed E-state index contributed by atoms with van der Waals surface area (Å²) in [7, 11) is -1.93. The highest BCUT2D eigenvalue weighted by Crippen LogP contribution is 2.38. The highest BCUT2D eigenvalue weighted by Gasteiger charge is 2.45. The Kier molecular flexibility index (Phi) is 4.16. The number of hydrogen-bond acceptors (Lipinski definition) is 6. The van der Waals surface area contributed by atoms with Gasteiger partial charge in [0.2, 0.25) is 0 Å². The molecule has 0 saturated carbocycles. The molecule has 2 aliphatic heterocycles. The van der Waals surface area contributed by atoms with Crippen molar-refractivity contribution >= 4 is 33.0 Å². The first kappa shape index (κ1) is 16.5. The minimum absolute atomic E-state index is 0.0817. The second-order valence-electron chi connectivity index (χ2n) is 6.06. The zero-order chi connectivity index (χ0) is 16.9. The van der Waals surface area contributed by atoms with Gasteiger partial charge in [0.05, 0.1) is 4.34 Å². The van der Waals surface area contributed by atoms with Gasteiger partial charge >= 0.3 is 0 Å². The van der Waals surface area contributed by atoms with Gasteiger partial charge in [-0.05, 0) is 25.0 Å². The number of nitrogens with zero attached hydrogens (tertiary/aromatic N) is 4. The monoisotopic (exact) mass is 388 g/mol. The van der Waals surface area contributed by atoms with Crippen LogP contribution in [0, 0.1) is 0 Å². The van der Waals surface area contributed by atoms with E-state index in [2.05, 4.69) is 10.2 Å². The zero-order valence-electron chi connectivity index (χ0n) is 13.1. The van der Waals surface area contributed by atoms with E-state index < -0.39 is 10.0 Å². The number of hydrogen-bond donors (Lipinski definition) is 0. The minimum atomic E-state index is -3.55. The number of thiophene rings is 1. The lowest BCUT2D eigenvalue weighted by atomic mass is 10.1. The van der Waals surface area contributed by atoms with Crippen molar-refractivity contribution in [2.24, 2.45) is 0 Å². The maximum Gasteiger partial charge on any atom is 0.253 e. The van der Waals surface area contributed by atoms with Gasteiger partial charge in [-0.3, -0.25) is 0 Å². The standard InChI is InChI=1S/C14H17ClN4O3S2/c1-22-8-13-17-16-12-6-9-2-3-10(7-18(12)13)19(9)24(20,21)14-5-4-11(15)23-14/h4-5,9-10H,2-3,6-8H2,1H3/t9-,10+/m0/s1. The van der Waals surface area contributed by atoms with Crippen LogP contribution in [-0.2, 0) is 34.3 Å². The molecule has 1 fully saturated rings. The molecule has 0 unspecified atom stereocenters. The number of ether oxygens (including phenoxy) is 1. The first-order chi connectivity index (χ1) is 11.5. The molecule has 2 aromatic heterocycles. The topological polar surface area (TPSA) is 77.3 Å². The summed E-state index contributed by atoms with van der Waals surface area (Å²) in [6.45, 7) is 0.938. The molecule has 2 aliphatic rings. The van der Waals surface area contributed by atoms with Gasteiger partial charge in [-0.15, -0.1) is 21.5 Å². The van der Waals surface area contributed by atoms with Gasteiger partial charge in [-0.1, -0.05) is 11.6 Å². The summed E-state index contributed by atoms with van der Waals surface area (Å²) in [5.74, 6) is 1.58. The second kappa shape index (κ2) is 6.06. The highest BCUT2D eigenvalue weighted by molar-refractivity contribution is 7.91. The number of rotatable bonds is 4. The van der Waals surface area contributed by atoms with E-state index in [0.717, 1.165) is 35.8 Å². The van der Waals surface area contributed by atoms with Crippen molar-refractivity contribution in [2.45, 2.75) is 48.7 Å². The van der Waals surface area contributed by atoms with Gasteiger partial charge in [-0.2, -0.15) is 4.31 Å². The molecule has 2 aromatic rings. The van der Waals surface area contributed by atoms with Crippen molar-refractivity contribution < 1.29 is 13.2 Å². The summed E-state index contributed by atoms with van der Waals surface area (Å²) in [6, 6.07) is 3.05. The number of halogens is 1. The van der Waals surface area contributed by atoms with E-state index in [1.54, 1.807) is 23.5 Å². The highest BCUT2D eigenvalue weighted by atomic mass is 35.5. The molecule has 2 bridgehead atoms. The number of methoxy groups -OCH3 is 1. The Morgan fingerprint density at radius 2 is 2.12 bits per heavy atom. The normalized spacial score (nSPS) is 24.1. The van der Waals surface area contributed by atoms with Crippen LogP contribution in [0.15, 0.2) is 16.3 Å². The van der Waals surface area contributed by atoms with Crippen molar-refractivity contribution in [2.75, 3.05) is 7.11 Å². The molecule has 0 aromatic carbocycles. The number of sulfonamides is 1. The van der Waals surface area contributed by atoms with Gasteiger partial charge in [-0.25, -0.2) is 8.42 Å². The van der Waals surface area contributed by atoms with E-state index in [1.165, 1.54) is 0 Å². The van der Waals surface area contributed by atoms with Gasteiger partial charge in [0.25, 0.3) is 10.0 Å². The molecular weight excluding hydrogens is 372 g/mol. The molecule has 0 N–H and O–H groups in total. The SMILES string of the molecule is COCc1nnc2n1C[C@H]1CC[C@@H](C2)N1S(=O)(=O)c1ccc(Cl)s1. The Labute approximate surface area is 149 Å². The molecule has 4 heterocycles. The van der Waals surface area contributed by atoms with E-state index in [1.807, 2.05) is 4.57 Å². The third kappa shape index (κ3) is 2.59. The van der Waals surface area contributed by atoms with Crippen LogP contribution in [0.4, 0.5) is 0 Å². The summed E-state index contributed by atoms with van der Waals surface area (Å²) >= 11 is 7.04.